The van der Waals surface area contributed by atoms with Gasteiger partial charge >= 0.3 is 113 Å². The van der Waals surface area contributed by atoms with Gasteiger partial charge in [0.2, 0.25) is 0 Å². The first-order valence-corrected chi connectivity index (χ1v) is 9.35. The van der Waals surface area contributed by atoms with Crippen LogP contribution in [-0.4, -0.2) is 32.8 Å². The number of amides is 1. The van der Waals surface area contributed by atoms with E-state index in [1.54, 1.807) is 0 Å². The molecule has 2 nitrogen and oxygen atoms in total. The van der Waals surface area contributed by atoms with E-state index in [2.05, 4.69) is 13.8 Å². The van der Waals surface area contributed by atoms with Crippen LogP contribution in [-0.2, 0) is 4.79 Å². The van der Waals surface area contributed by atoms with E-state index in [4.69, 9.17) is 0 Å². The SMILES string of the molecule is CC(C)C12C3[I-]C4C5C3C1C5C42C(=O)N(C)C. The summed E-state index contributed by atoms with van der Waals surface area (Å²) in [5, 5.41) is 0. The third kappa shape index (κ3) is 0.548. The molecule has 0 radical (unpaired) electrons. The molecule has 6 fully saturated rings. The molecule has 6 rings (SSSR count). The summed E-state index contributed by atoms with van der Waals surface area (Å²) in [4.78, 5) is 14.7. The van der Waals surface area contributed by atoms with Gasteiger partial charge in [-0.05, 0) is 0 Å². The molecule has 2 saturated heterocycles. The zero-order valence-electron chi connectivity index (χ0n) is 10.8. The second-order valence-corrected chi connectivity index (χ2v) is 10.7. The zero-order chi connectivity index (χ0) is 11.9. The molecular formula is C14H19INO-. The Morgan fingerprint density at radius 1 is 1.18 bits per heavy atom. The number of alkyl halides is 2. The molecule has 1 amide bonds. The van der Waals surface area contributed by atoms with Gasteiger partial charge in [-0.15, -0.1) is 0 Å². The second kappa shape index (κ2) is 2.32. The van der Waals surface area contributed by atoms with Crippen LogP contribution in [0.5, 0.6) is 0 Å². The standard InChI is InChI=1S/C14H19INO/c1-5(2)13-8-6-7-9(8)14(13,12(17)16(3)4)11(7)15-10(6)13/h5-11H,1-4H3/q-1. The van der Waals surface area contributed by atoms with Gasteiger partial charge in [0.1, 0.15) is 0 Å². The molecule has 0 N–H and O–H groups in total. The fraction of sp³-hybridized carbons (Fsp3) is 0.929. The first kappa shape index (κ1) is 10.0. The third-order valence-electron chi connectivity index (χ3n) is 7.01. The maximum atomic E-state index is 12.8. The van der Waals surface area contributed by atoms with Crippen molar-refractivity contribution in [3.8, 4) is 0 Å². The van der Waals surface area contributed by atoms with Crippen LogP contribution in [0.15, 0.2) is 0 Å². The molecule has 8 unspecified atom stereocenters. The Morgan fingerprint density at radius 3 is 2.41 bits per heavy atom. The normalized spacial score (nSPS) is 67.1. The average Bonchev–Trinajstić information content (AvgIpc) is 2.49. The van der Waals surface area contributed by atoms with Gasteiger partial charge in [0.25, 0.3) is 0 Å². The van der Waals surface area contributed by atoms with E-state index in [0.29, 0.717) is 32.5 Å². The van der Waals surface area contributed by atoms with Gasteiger partial charge < -0.3 is 0 Å². The van der Waals surface area contributed by atoms with Crippen LogP contribution in [0.25, 0.3) is 0 Å². The summed E-state index contributed by atoms with van der Waals surface area (Å²) in [7, 11) is 3.94. The molecule has 0 aromatic heterocycles. The van der Waals surface area contributed by atoms with E-state index < -0.39 is 0 Å². The summed E-state index contributed by atoms with van der Waals surface area (Å²) in [6.45, 7) is 4.78. The number of rotatable bonds is 2. The number of hydrogen-bond acceptors (Lipinski definition) is 1. The molecule has 17 heavy (non-hydrogen) atoms. The van der Waals surface area contributed by atoms with Crippen molar-refractivity contribution in [1.82, 2.24) is 4.90 Å². The molecule has 4 saturated carbocycles. The summed E-state index contributed by atoms with van der Waals surface area (Å²) in [6, 6.07) is 0. The number of halogens is 1. The molecule has 2 aliphatic heterocycles. The number of hydrogen-bond donors (Lipinski definition) is 0. The summed E-state index contributed by atoms with van der Waals surface area (Å²) in [5.74, 6) is 5.21. The van der Waals surface area contributed by atoms with Crippen LogP contribution in [0.2, 0.25) is 0 Å². The van der Waals surface area contributed by atoms with E-state index in [9.17, 15) is 4.79 Å². The van der Waals surface area contributed by atoms with Crippen LogP contribution < -0.4 is 21.2 Å². The first-order chi connectivity index (χ1) is 8.02. The summed E-state index contributed by atoms with van der Waals surface area (Å²) < 4.78 is 1.93. The van der Waals surface area contributed by atoms with E-state index in [0.717, 1.165) is 37.4 Å². The van der Waals surface area contributed by atoms with Crippen LogP contribution in [0.3, 0.4) is 0 Å². The number of carbonyl (C=O) groups is 1. The molecule has 3 heteroatoms. The van der Waals surface area contributed by atoms with Crippen LogP contribution in [0.1, 0.15) is 13.8 Å². The first-order valence-electron chi connectivity index (χ1n) is 6.86. The van der Waals surface area contributed by atoms with Crippen molar-refractivity contribution in [3.05, 3.63) is 0 Å². The fourth-order valence-electron chi connectivity index (χ4n) is 6.97. The fourth-order valence-corrected chi connectivity index (χ4v) is 14.7. The van der Waals surface area contributed by atoms with Gasteiger partial charge in [-0.25, -0.2) is 0 Å². The predicted molar refractivity (Wildman–Crippen MR) is 59.9 cm³/mol. The molecule has 4 aliphatic carbocycles. The number of carbonyl (C=O) groups excluding carboxylic acids is 1. The quantitative estimate of drug-likeness (QED) is 0.422. The minimum absolute atomic E-state index is 0.173. The van der Waals surface area contributed by atoms with E-state index in [1.807, 2.05) is 19.0 Å². The van der Waals surface area contributed by atoms with E-state index in [1.165, 1.54) is 0 Å². The molecule has 6 aliphatic rings. The van der Waals surface area contributed by atoms with Crippen molar-refractivity contribution in [2.45, 2.75) is 21.7 Å². The predicted octanol–water partition coefficient (Wildman–Crippen LogP) is -1.94. The monoisotopic (exact) mass is 344 g/mol. The van der Waals surface area contributed by atoms with Crippen molar-refractivity contribution in [1.29, 1.82) is 0 Å². The van der Waals surface area contributed by atoms with Crippen molar-refractivity contribution >= 4 is 5.91 Å². The van der Waals surface area contributed by atoms with E-state index >= 15 is 0 Å². The Kier molecular flexibility index (Phi) is 1.37. The Hall–Kier alpha value is 0.200. The Balaban J connectivity index is 1.70. The minimum atomic E-state index is 0.173. The molecule has 2 heterocycles. The third-order valence-corrected chi connectivity index (χ3v) is 12.2. The molecule has 8 atom stereocenters. The zero-order valence-corrected chi connectivity index (χ0v) is 12.9. The van der Waals surface area contributed by atoms with Gasteiger partial charge in [-0.1, -0.05) is 0 Å². The van der Waals surface area contributed by atoms with Crippen LogP contribution in [0.4, 0.5) is 0 Å². The van der Waals surface area contributed by atoms with Crippen molar-refractivity contribution in [2.24, 2.45) is 40.4 Å². The average molecular weight is 344 g/mol. The van der Waals surface area contributed by atoms with Crippen molar-refractivity contribution < 1.29 is 26.0 Å². The van der Waals surface area contributed by atoms with Gasteiger partial charge in [0.15, 0.2) is 0 Å². The summed E-state index contributed by atoms with van der Waals surface area (Å²) in [5.41, 5.74) is 0.670. The van der Waals surface area contributed by atoms with Gasteiger partial charge in [-0.3, -0.25) is 0 Å². The Morgan fingerprint density at radius 2 is 1.82 bits per heavy atom. The number of nitrogens with zero attached hydrogens (tertiary/aromatic N) is 1. The van der Waals surface area contributed by atoms with Crippen LogP contribution in [0, 0.1) is 40.4 Å². The molecular weight excluding hydrogens is 325 g/mol. The molecule has 0 spiro atoms. The van der Waals surface area contributed by atoms with Crippen molar-refractivity contribution in [3.63, 3.8) is 0 Å². The molecule has 94 valence electrons. The Bertz CT molecular complexity index is 475. The topological polar surface area (TPSA) is 20.3 Å². The van der Waals surface area contributed by atoms with Crippen molar-refractivity contribution in [2.75, 3.05) is 14.1 Å². The summed E-state index contributed by atoms with van der Waals surface area (Å²) in [6.07, 6.45) is 0. The molecule has 2 bridgehead atoms. The second-order valence-electron chi connectivity index (χ2n) is 7.29. The molecule has 0 aromatic rings. The molecule has 0 aromatic carbocycles. The van der Waals surface area contributed by atoms with Gasteiger partial charge in [0.05, 0.1) is 0 Å². The van der Waals surface area contributed by atoms with E-state index in [-0.39, 0.29) is 5.41 Å². The Labute approximate surface area is 113 Å². The maximum absolute atomic E-state index is 12.8. The van der Waals surface area contributed by atoms with Gasteiger partial charge in [-0.2, -0.15) is 0 Å². The van der Waals surface area contributed by atoms with Crippen LogP contribution >= 0.6 is 0 Å². The van der Waals surface area contributed by atoms with Gasteiger partial charge in [0, 0.05) is 0 Å². The summed E-state index contributed by atoms with van der Waals surface area (Å²) >= 11 is 0.329.